The molecule has 0 heterocycles. The number of rotatable bonds is 18. The number of hydrogen-bond acceptors (Lipinski definition) is 4. The Kier molecular flexibility index (Phi) is 17.7. The van der Waals surface area contributed by atoms with Gasteiger partial charge >= 0.3 is 5.97 Å². The number of ether oxygens (including phenoxy) is 1. The first kappa shape index (κ1) is 24.4. The topological polar surface area (TPSA) is 66.8 Å². The molecule has 0 amide bonds. The summed E-state index contributed by atoms with van der Waals surface area (Å²) in [6.07, 6.45) is 17.5. The predicted octanol–water partition coefficient (Wildman–Crippen LogP) is 5.14. The Morgan fingerprint density at radius 3 is 1.44 bits per heavy atom. The molecule has 2 N–H and O–H groups in total. The van der Waals surface area contributed by atoms with Gasteiger partial charge in [0.05, 0.1) is 13.2 Å². The van der Waals surface area contributed by atoms with E-state index in [0.29, 0.717) is 6.42 Å². The van der Waals surface area contributed by atoms with Crippen molar-refractivity contribution in [3.05, 3.63) is 0 Å². The molecular weight excluding hydrogens is 316 g/mol. The van der Waals surface area contributed by atoms with Crippen LogP contribution in [0, 0.1) is 0 Å². The first-order valence-electron chi connectivity index (χ1n) is 10.6. The maximum absolute atomic E-state index is 11.1. The van der Waals surface area contributed by atoms with Crippen molar-refractivity contribution >= 4 is 5.97 Å². The van der Waals surface area contributed by atoms with Crippen molar-refractivity contribution in [2.45, 2.75) is 122 Å². The molecule has 0 aliphatic rings. The first-order chi connectivity index (χ1) is 12.1. The zero-order valence-electron chi connectivity index (χ0n) is 16.7. The molecule has 0 rings (SSSR count). The molecule has 0 aromatic rings. The van der Waals surface area contributed by atoms with Crippen molar-refractivity contribution in [3.63, 3.8) is 0 Å². The van der Waals surface area contributed by atoms with E-state index in [9.17, 15) is 15.0 Å². The lowest BCUT2D eigenvalue weighted by atomic mass is 10.0. The second kappa shape index (κ2) is 18.2. The van der Waals surface area contributed by atoms with E-state index in [1.54, 1.807) is 0 Å². The molecule has 0 bridgehead atoms. The molecule has 150 valence electrons. The van der Waals surface area contributed by atoms with Gasteiger partial charge in [-0.05, 0) is 6.42 Å². The zero-order chi connectivity index (χ0) is 18.8. The minimum Gasteiger partial charge on any atom is -0.467 e. The first-order valence-corrected chi connectivity index (χ1v) is 10.6. The number of carbonyl (C=O) groups is 1. The Labute approximate surface area is 155 Å². The summed E-state index contributed by atoms with van der Waals surface area (Å²) in [6.45, 7) is 2.26. The van der Waals surface area contributed by atoms with Gasteiger partial charge in [-0.1, -0.05) is 103 Å². The molecule has 25 heavy (non-hydrogen) atoms. The third-order valence-electron chi connectivity index (χ3n) is 4.91. The maximum Gasteiger partial charge on any atom is 0.337 e. The lowest BCUT2D eigenvalue weighted by Gasteiger charge is -2.15. The average Bonchev–Trinajstić information content (AvgIpc) is 2.63. The third kappa shape index (κ3) is 15.4. The summed E-state index contributed by atoms with van der Waals surface area (Å²) in [5.41, 5.74) is 0. The smallest absolute Gasteiger partial charge is 0.337 e. The van der Waals surface area contributed by atoms with Crippen molar-refractivity contribution in [1.29, 1.82) is 0 Å². The third-order valence-corrected chi connectivity index (χ3v) is 4.91. The van der Waals surface area contributed by atoms with Crippen molar-refractivity contribution in [2.75, 3.05) is 7.11 Å². The molecule has 2 atom stereocenters. The van der Waals surface area contributed by atoms with E-state index >= 15 is 0 Å². The summed E-state index contributed by atoms with van der Waals surface area (Å²) in [5.74, 6) is -0.756. The molecule has 0 aliphatic heterocycles. The molecule has 0 aromatic carbocycles. The Morgan fingerprint density at radius 2 is 1.08 bits per heavy atom. The molecule has 0 unspecified atom stereocenters. The van der Waals surface area contributed by atoms with Gasteiger partial charge in [0.1, 0.15) is 0 Å². The van der Waals surface area contributed by atoms with Crippen LogP contribution < -0.4 is 0 Å². The summed E-state index contributed by atoms with van der Waals surface area (Å²) in [6, 6.07) is 0. The second-order valence-electron chi connectivity index (χ2n) is 7.27. The second-order valence-corrected chi connectivity index (χ2v) is 7.27. The van der Waals surface area contributed by atoms with E-state index in [-0.39, 0.29) is 0 Å². The number of hydrogen-bond donors (Lipinski definition) is 2. The summed E-state index contributed by atoms with van der Waals surface area (Å²) >= 11 is 0. The number of aliphatic hydroxyl groups excluding tert-OH is 2. The minimum absolute atomic E-state index is 0.453. The van der Waals surface area contributed by atoms with Gasteiger partial charge in [0.15, 0.2) is 6.10 Å². The lowest BCUT2D eigenvalue weighted by molar-refractivity contribution is -0.156. The van der Waals surface area contributed by atoms with Crippen LogP contribution in [-0.2, 0) is 9.53 Å². The van der Waals surface area contributed by atoms with Gasteiger partial charge < -0.3 is 14.9 Å². The van der Waals surface area contributed by atoms with Crippen molar-refractivity contribution in [2.24, 2.45) is 0 Å². The molecular formula is C21H42O4. The quantitative estimate of drug-likeness (QED) is 0.263. The van der Waals surface area contributed by atoms with Gasteiger partial charge in [-0.25, -0.2) is 4.79 Å². The van der Waals surface area contributed by atoms with Gasteiger partial charge in [0.25, 0.3) is 0 Å². The minimum atomic E-state index is -1.41. The number of unbranched alkanes of at least 4 members (excludes halogenated alkanes) is 14. The van der Waals surface area contributed by atoms with E-state index in [0.717, 1.165) is 12.8 Å². The van der Waals surface area contributed by atoms with Gasteiger partial charge in [0.2, 0.25) is 0 Å². The van der Waals surface area contributed by atoms with E-state index in [4.69, 9.17) is 0 Å². The van der Waals surface area contributed by atoms with Crippen LogP contribution in [0.25, 0.3) is 0 Å². The summed E-state index contributed by atoms with van der Waals surface area (Å²) in [5, 5.41) is 19.1. The van der Waals surface area contributed by atoms with Crippen LogP contribution in [0.15, 0.2) is 0 Å². The largest absolute Gasteiger partial charge is 0.467 e. The highest BCUT2D eigenvalue weighted by molar-refractivity contribution is 5.74. The van der Waals surface area contributed by atoms with Crippen molar-refractivity contribution < 1.29 is 19.7 Å². The standard InChI is InChI=1S/C21H42O4/c1-3-4-5-6-7-8-9-10-11-12-13-14-15-16-17-18-19(22)20(23)21(24)25-2/h19-20,22-23H,3-18H2,1-2H3/t19-,20+/m1/s1. The number of methoxy groups -OCH3 is 1. The molecule has 0 saturated carbocycles. The van der Waals surface area contributed by atoms with Gasteiger partial charge in [-0.15, -0.1) is 0 Å². The van der Waals surface area contributed by atoms with Crippen LogP contribution in [0.4, 0.5) is 0 Å². The highest BCUT2D eigenvalue weighted by Crippen LogP contribution is 2.14. The van der Waals surface area contributed by atoms with Crippen LogP contribution in [-0.4, -0.2) is 35.5 Å². The predicted molar refractivity (Wildman–Crippen MR) is 104 cm³/mol. The van der Waals surface area contributed by atoms with E-state index in [1.165, 1.54) is 90.6 Å². The Balaban J connectivity index is 3.22. The summed E-state index contributed by atoms with van der Waals surface area (Å²) in [4.78, 5) is 11.1. The number of aliphatic hydroxyl groups is 2. The molecule has 0 aromatic heterocycles. The zero-order valence-corrected chi connectivity index (χ0v) is 16.7. The fraction of sp³-hybridized carbons (Fsp3) is 0.952. The molecule has 0 spiro atoms. The highest BCUT2D eigenvalue weighted by Gasteiger charge is 2.24. The molecule has 4 heteroatoms. The number of esters is 1. The Morgan fingerprint density at radius 1 is 0.720 bits per heavy atom. The summed E-state index contributed by atoms with van der Waals surface area (Å²) < 4.78 is 4.41. The summed E-state index contributed by atoms with van der Waals surface area (Å²) in [7, 11) is 1.21. The van der Waals surface area contributed by atoms with Crippen LogP contribution in [0.3, 0.4) is 0 Å². The molecule has 4 nitrogen and oxygen atoms in total. The normalized spacial score (nSPS) is 13.6. The maximum atomic E-state index is 11.1. The Hall–Kier alpha value is -0.610. The van der Waals surface area contributed by atoms with Crippen molar-refractivity contribution in [1.82, 2.24) is 0 Å². The molecule has 0 saturated heterocycles. The number of carbonyl (C=O) groups excluding carboxylic acids is 1. The lowest BCUT2D eigenvalue weighted by Crippen LogP contribution is -2.34. The van der Waals surface area contributed by atoms with Gasteiger partial charge in [0, 0.05) is 0 Å². The monoisotopic (exact) mass is 358 g/mol. The fourth-order valence-electron chi connectivity index (χ4n) is 3.16. The Bertz CT molecular complexity index is 294. The van der Waals surface area contributed by atoms with Crippen LogP contribution in [0.1, 0.15) is 110 Å². The van der Waals surface area contributed by atoms with Crippen molar-refractivity contribution in [3.8, 4) is 0 Å². The fourth-order valence-corrected chi connectivity index (χ4v) is 3.16. The molecule has 0 fully saturated rings. The van der Waals surface area contributed by atoms with Gasteiger partial charge in [-0.2, -0.15) is 0 Å². The van der Waals surface area contributed by atoms with E-state index < -0.39 is 18.2 Å². The van der Waals surface area contributed by atoms with Crippen LogP contribution >= 0.6 is 0 Å². The average molecular weight is 359 g/mol. The van der Waals surface area contributed by atoms with Crippen LogP contribution in [0.2, 0.25) is 0 Å². The highest BCUT2D eigenvalue weighted by atomic mass is 16.5. The molecule has 0 radical (unpaired) electrons. The SMILES string of the molecule is CCCCCCCCCCCCCCCCC[C@@H](O)[C@H](O)C(=O)OC. The van der Waals surface area contributed by atoms with E-state index in [1.807, 2.05) is 0 Å². The van der Waals surface area contributed by atoms with Crippen LogP contribution in [0.5, 0.6) is 0 Å². The molecule has 0 aliphatic carbocycles. The van der Waals surface area contributed by atoms with Gasteiger partial charge in [-0.3, -0.25) is 0 Å². The van der Waals surface area contributed by atoms with E-state index in [2.05, 4.69) is 11.7 Å².